The zero-order valence-electron chi connectivity index (χ0n) is 19.3. The van der Waals surface area contributed by atoms with Crippen molar-refractivity contribution < 1.29 is 23.7 Å². The number of ether oxygens (including phenoxy) is 2. The molecule has 0 atom stereocenters. The minimum absolute atomic E-state index is 0.0687. The molecule has 0 radical (unpaired) electrons. The van der Waals surface area contributed by atoms with Crippen LogP contribution in [-0.2, 0) is 6.61 Å². The maximum absolute atomic E-state index is 13.1. The quantitative estimate of drug-likeness (QED) is 0.382. The van der Waals surface area contributed by atoms with E-state index in [4.69, 9.17) is 14.0 Å². The van der Waals surface area contributed by atoms with Crippen LogP contribution in [0, 0.1) is 24.0 Å². The third-order valence-electron chi connectivity index (χ3n) is 5.95. The number of methoxy groups -OCH3 is 1. The van der Waals surface area contributed by atoms with Crippen molar-refractivity contribution in [2.75, 3.05) is 38.2 Å². The van der Waals surface area contributed by atoms with Gasteiger partial charge in [0.15, 0.2) is 11.5 Å². The third-order valence-corrected chi connectivity index (χ3v) is 5.95. The van der Waals surface area contributed by atoms with Gasteiger partial charge >= 0.3 is 0 Å². The standard InChI is InChI=1S/C24H26N4O6/c1-16-19(17(2)34-25-16)15-33-22-9-8-18(14-23(22)32-3)24(29)27-12-10-26(11-13-27)20-6-4-5-7-21(20)28(30)31/h4-9,14H,10-13,15H2,1-3H3. The van der Waals surface area contributed by atoms with Crippen molar-refractivity contribution in [3.05, 3.63) is 75.2 Å². The molecule has 0 N–H and O–H groups in total. The zero-order chi connectivity index (χ0) is 24.2. The predicted molar refractivity (Wildman–Crippen MR) is 125 cm³/mol. The van der Waals surface area contributed by atoms with Crippen LogP contribution in [0.4, 0.5) is 11.4 Å². The van der Waals surface area contributed by atoms with Crippen molar-refractivity contribution in [2.45, 2.75) is 20.5 Å². The van der Waals surface area contributed by atoms with Gasteiger partial charge in [-0.3, -0.25) is 14.9 Å². The second-order valence-corrected chi connectivity index (χ2v) is 7.98. The molecular formula is C24H26N4O6. The molecule has 34 heavy (non-hydrogen) atoms. The Kier molecular flexibility index (Phi) is 6.67. The molecule has 1 aliphatic rings. The smallest absolute Gasteiger partial charge is 0.292 e. The number of aromatic nitrogens is 1. The highest BCUT2D eigenvalue weighted by atomic mass is 16.6. The van der Waals surface area contributed by atoms with E-state index >= 15 is 0 Å². The fourth-order valence-electron chi connectivity index (χ4n) is 4.00. The van der Waals surface area contributed by atoms with E-state index in [1.807, 2.05) is 18.7 Å². The Labute approximate surface area is 196 Å². The lowest BCUT2D eigenvalue weighted by Crippen LogP contribution is -2.48. The Morgan fingerprint density at radius 2 is 1.85 bits per heavy atom. The summed E-state index contributed by atoms with van der Waals surface area (Å²) in [4.78, 5) is 27.8. The molecule has 178 valence electrons. The number of aryl methyl sites for hydroxylation is 2. The van der Waals surface area contributed by atoms with Gasteiger partial charge in [-0.25, -0.2) is 0 Å². The van der Waals surface area contributed by atoms with E-state index < -0.39 is 0 Å². The highest BCUT2D eigenvalue weighted by molar-refractivity contribution is 5.95. The molecule has 0 saturated carbocycles. The normalized spacial score (nSPS) is 13.6. The number of carbonyl (C=O) groups excluding carboxylic acids is 1. The van der Waals surface area contributed by atoms with Crippen LogP contribution in [0.2, 0.25) is 0 Å². The van der Waals surface area contributed by atoms with Gasteiger partial charge in [-0.05, 0) is 38.1 Å². The second-order valence-electron chi connectivity index (χ2n) is 7.98. The summed E-state index contributed by atoms with van der Waals surface area (Å²) in [6.45, 7) is 5.88. The van der Waals surface area contributed by atoms with Gasteiger partial charge in [0.05, 0.1) is 23.3 Å². The number of rotatable bonds is 7. The van der Waals surface area contributed by atoms with E-state index in [9.17, 15) is 14.9 Å². The topological polar surface area (TPSA) is 111 Å². The van der Waals surface area contributed by atoms with Crippen LogP contribution in [-0.4, -0.2) is 54.2 Å². The number of nitro benzene ring substituents is 1. The summed E-state index contributed by atoms with van der Waals surface area (Å²) < 4.78 is 16.5. The van der Waals surface area contributed by atoms with Gasteiger partial charge in [-0.2, -0.15) is 0 Å². The molecular weight excluding hydrogens is 440 g/mol. The Bertz CT molecular complexity index is 1180. The van der Waals surface area contributed by atoms with Gasteiger partial charge in [0.1, 0.15) is 18.1 Å². The highest BCUT2D eigenvalue weighted by Gasteiger charge is 2.26. The van der Waals surface area contributed by atoms with Gasteiger partial charge < -0.3 is 23.8 Å². The number of anilines is 1. The van der Waals surface area contributed by atoms with Crippen LogP contribution >= 0.6 is 0 Å². The van der Waals surface area contributed by atoms with Crippen molar-refractivity contribution in [3.8, 4) is 11.5 Å². The summed E-state index contributed by atoms with van der Waals surface area (Å²) in [6, 6.07) is 11.8. The average molecular weight is 466 g/mol. The maximum Gasteiger partial charge on any atom is 0.292 e. The van der Waals surface area contributed by atoms with E-state index in [1.165, 1.54) is 13.2 Å². The highest BCUT2D eigenvalue weighted by Crippen LogP contribution is 2.31. The lowest BCUT2D eigenvalue weighted by Gasteiger charge is -2.35. The number of carbonyl (C=O) groups is 1. The van der Waals surface area contributed by atoms with Gasteiger partial charge in [-0.1, -0.05) is 17.3 Å². The van der Waals surface area contributed by atoms with E-state index in [0.29, 0.717) is 54.7 Å². The number of hydrogen-bond acceptors (Lipinski definition) is 8. The fraction of sp³-hybridized carbons (Fsp3) is 0.333. The first kappa shape index (κ1) is 23.1. The zero-order valence-corrected chi connectivity index (χ0v) is 19.3. The Balaban J connectivity index is 1.42. The predicted octanol–water partition coefficient (Wildman–Crippen LogP) is 3.75. The van der Waals surface area contributed by atoms with E-state index in [-0.39, 0.29) is 23.1 Å². The molecule has 0 spiro atoms. The first-order valence-electron chi connectivity index (χ1n) is 10.9. The number of hydrogen-bond donors (Lipinski definition) is 0. The van der Waals surface area contributed by atoms with Gasteiger partial charge in [-0.15, -0.1) is 0 Å². The lowest BCUT2D eigenvalue weighted by atomic mass is 10.1. The van der Waals surface area contributed by atoms with Crippen molar-refractivity contribution in [1.29, 1.82) is 0 Å². The van der Waals surface area contributed by atoms with E-state index in [2.05, 4.69) is 5.16 Å². The summed E-state index contributed by atoms with van der Waals surface area (Å²) in [7, 11) is 1.53. The van der Waals surface area contributed by atoms with Crippen LogP contribution < -0.4 is 14.4 Å². The SMILES string of the molecule is COc1cc(C(=O)N2CCN(c3ccccc3[N+](=O)[O-])CC2)ccc1OCc1c(C)noc1C. The monoisotopic (exact) mass is 466 g/mol. The molecule has 10 nitrogen and oxygen atoms in total. The van der Waals surface area contributed by atoms with E-state index in [1.54, 1.807) is 41.3 Å². The summed E-state index contributed by atoms with van der Waals surface area (Å²) >= 11 is 0. The van der Waals surface area contributed by atoms with Crippen LogP contribution in [0.1, 0.15) is 27.4 Å². The third kappa shape index (κ3) is 4.66. The molecule has 2 aromatic carbocycles. The van der Waals surface area contributed by atoms with Gasteiger partial charge in [0, 0.05) is 37.8 Å². The van der Waals surface area contributed by atoms with Crippen LogP contribution in [0.15, 0.2) is 47.0 Å². The average Bonchev–Trinajstić information content (AvgIpc) is 3.19. The summed E-state index contributed by atoms with van der Waals surface area (Å²) in [5.74, 6) is 1.54. The molecule has 0 bridgehead atoms. The second kappa shape index (κ2) is 9.82. The van der Waals surface area contributed by atoms with Crippen LogP contribution in [0.3, 0.4) is 0 Å². The number of piperazine rings is 1. The minimum atomic E-state index is -0.380. The van der Waals surface area contributed by atoms with Gasteiger partial charge in [0.25, 0.3) is 11.6 Å². The number of benzene rings is 2. The molecule has 1 aromatic heterocycles. The first-order valence-corrected chi connectivity index (χ1v) is 10.9. The van der Waals surface area contributed by atoms with Crippen LogP contribution in [0.25, 0.3) is 0 Å². The molecule has 10 heteroatoms. The van der Waals surface area contributed by atoms with Crippen molar-refractivity contribution in [2.24, 2.45) is 0 Å². The largest absolute Gasteiger partial charge is 0.493 e. The Morgan fingerprint density at radius 1 is 1.12 bits per heavy atom. The number of nitro groups is 1. The number of para-hydroxylation sites is 2. The Hall–Kier alpha value is -4.08. The molecule has 1 amide bonds. The number of amides is 1. The first-order chi connectivity index (χ1) is 16.4. The molecule has 0 aliphatic carbocycles. The molecule has 3 aromatic rings. The molecule has 0 unspecified atom stereocenters. The summed E-state index contributed by atoms with van der Waals surface area (Å²) in [5.41, 5.74) is 2.77. The van der Waals surface area contributed by atoms with E-state index in [0.717, 1.165) is 11.3 Å². The van der Waals surface area contributed by atoms with Crippen molar-refractivity contribution in [1.82, 2.24) is 10.1 Å². The molecule has 2 heterocycles. The number of nitrogens with zero attached hydrogens (tertiary/aromatic N) is 4. The summed E-state index contributed by atoms with van der Waals surface area (Å²) in [5, 5.41) is 15.3. The molecule has 1 aliphatic heterocycles. The van der Waals surface area contributed by atoms with Crippen molar-refractivity contribution in [3.63, 3.8) is 0 Å². The fourth-order valence-corrected chi connectivity index (χ4v) is 4.00. The van der Waals surface area contributed by atoms with Gasteiger partial charge in [0.2, 0.25) is 0 Å². The van der Waals surface area contributed by atoms with Crippen LogP contribution in [0.5, 0.6) is 11.5 Å². The summed E-state index contributed by atoms with van der Waals surface area (Å²) in [6.07, 6.45) is 0. The lowest BCUT2D eigenvalue weighted by molar-refractivity contribution is -0.384. The molecule has 1 saturated heterocycles. The maximum atomic E-state index is 13.1. The minimum Gasteiger partial charge on any atom is -0.493 e. The van der Waals surface area contributed by atoms with Crippen molar-refractivity contribution >= 4 is 17.3 Å². The Morgan fingerprint density at radius 3 is 2.50 bits per heavy atom. The molecule has 4 rings (SSSR count). The molecule has 1 fully saturated rings.